The number of rotatable bonds is 3. The van der Waals surface area contributed by atoms with E-state index >= 15 is 0 Å². The van der Waals surface area contributed by atoms with Crippen LogP contribution in [0.2, 0.25) is 0 Å². The van der Waals surface area contributed by atoms with Crippen LogP contribution in [0.3, 0.4) is 0 Å². The van der Waals surface area contributed by atoms with Crippen molar-refractivity contribution in [3.05, 3.63) is 11.7 Å². The molecule has 1 aliphatic heterocycles. The van der Waals surface area contributed by atoms with Gasteiger partial charge in [-0.1, -0.05) is 5.16 Å². The lowest BCUT2D eigenvalue weighted by atomic mass is 10.2. The van der Waals surface area contributed by atoms with E-state index in [4.69, 9.17) is 4.52 Å². The first-order chi connectivity index (χ1) is 6.81. The zero-order valence-electron chi connectivity index (χ0n) is 8.49. The van der Waals surface area contributed by atoms with Crippen molar-refractivity contribution in [3.63, 3.8) is 0 Å². The summed E-state index contributed by atoms with van der Waals surface area (Å²) in [5.41, 5.74) is 0. The van der Waals surface area contributed by atoms with Crippen LogP contribution < -0.4 is 5.32 Å². The first-order valence-corrected chi connectivity index (χ1v) is 5.98. The summed E-state index contributed by atoms with van der Waals surface area (Å²) < 4.78 is 5.25. The summed E-state index contributed by atoms with van der Waals surface area (Å²) in [6.45, 7) is 2.02. The second-order valence-electron chi connectivity index (χ2n) is 3.50. The van der Waals surface area contributed by atoms with E-state index in [2.05, 4.69) is 15.5 Å². The van der Waals surface area contributed by atoms with Gasteiger partial charge in [-0.15, -0.1) is 11.8 Å². The molecule has 0 amide bonds. The van der Waals surface area contributed by atoms with Crippen molar-refractivity contribution in [2.45, 2.75) is 31.1 Å². The highest BCUT2D eigenvalue weighted by Gasteiger charge is 2.24. The molecule has 1 fully saturated rings. The van der Waals surface area contributed by atoms with Crippen molar-refractivity contribution in [1.82, 2.24) is 15.5 Å². The lowest BCUT2D eigenvalue weighted by molar-refractivity contribution is 0.365. The topological polar surface area (TPSA) is 51.0 Å². The Morgan fingerprint density at radius 3 is 3.14 bits per heavy atom. The molecule has 1 aromatic rings. The van der Waals surface area contributed by atoms with Gasteiger partial charge >= 0.3 is 0 Å². The average molecular weight is 213 g/mol. The van der Waals surface area contributed by atoms with E-state index in [0.29, 0.717) is 5.25 Å². The van der Waals surface area contributed by atoms with Gasteiger partial charge in [-0.3, -0.25) is 0 Å². The maximum Gasteiger partial charge on any atom is 0.239 e. The standard InChI is InChI=1S/C9H15N3OS/c1-6(10-2)8-11-9(13-12-8)7-4-3-5-14-7/h6-7,10H,3-5H2,1-2H3. The minimum absolute atomic E-state index is 0.166. The van der Waals surface area contributed by atoms with Gasteiger partial charge in [0.05, 0.1) is 11.3 Å². The molecule has 2 heterocycles. The van der Waals surface area contributed by atoms with Crippen LogP contribution in [-0.2, 0) is 0 Å². The van der Waals surface area contributed by atoms with Crippen molar-refractivity contribution in [3.8, 4) is 0 Å². The maximum atomic E-state index is 5.25. The highest BCUT2D eigenvalue weighted by atomic mass is 32.2. The Morgan fingerprint density at radius 1 is 1.64 bits per heavy atom. The van der Waals surface area contributed by atoms with E-state index in [-0.39, 0.29) is 6.04 Å². The van der Waals surface area contributed by atoms with Gasteiger partial charge in [-0.25, -0.2) is 0 Å². The molecule has 2 atom stereocenters. The second kappa shape index (κ2) is 4.31. The molecule has 4 nitrogen and oxygen atoms in total. The largest absolute Gasteiger partial charge is 0.338 e. The molecule has 0 bridgehead atoms. The molecule has 1 N–H and O–H groups in total. The van der Waals surface area contributed by atoms with E-state index in [1.165, 1.54) is 18.6 Å². The third kappa shape index (κ3) is 1.93. The van der Waals surface area contributed by atoms with E-state index < -0.39 is 0 Å². The van der Waals surface area contributed by atoms with E-state index in [9.17, 15) is 0 Å². The fourth-order valence-corrected chi connectivity index (χ4v) is 2.64. The summed E-state index contributed by atoms with van der Waals surface area (Å²) in [7, 11) is 1.89. The molecule has 1 aromatic heterocycles. The van der Waals surface area contributed by atoms with Gasteiger partial charge in [-0.2, -0.15) is 4.98 Å². The molecule has 5 heteroatoms. The molecule has 0 aromatic carbocycles. The van der Waals surface area contributed by atoms with Crippen LogP contribution in [0.15, 0.2) is 4.52 Å². The Morgan fingerprint density at radius 2 is 2.50 bits per heavy atom. The molecule has 1 saturated heterocycles. The first-order valence-electron chi connectivity index (χ1n) is 4.93. The highest BCUT2D eigenvalue weighted by Crippen LogP contribution is 2.38. The van der Waals surface area contributed by atoms with Crippen molar-refractivity contribution in [2.24, 2.45) is 0 Å². The number of nitrogens with zero attached hydrogens (tertiary/aromatic N) is 2. The van der Waals surface area contributed by atoms with Crippen LogP contribution in [0.4, 0.5) is 0 Å². The van der Waals surface area contributed by atoms with Gasteiger partial charge in [0.1, 0.15) is 0 Å². The minimum Gasteiger partial charge on any atom is -0.338 e. The van der Waals surface area contributed by atoms with Crippen LogP contribution in [-0.4, -0.2) is 22.9 Å². The monoisotopic (exact) mass is 213 g/mol. The zero-order chi connectivity index (χ0) is 9.97. The third-order valence-electron chi connectivity index (χ3n) is 2.48. The summed E-state index contributed by atoms with van der Waals surface area (Å²) in [5.74, 6) is 2.77. The first kappa shape index (κ1) is 9.98. The summed E-state index contributed by atoms with van der Waals surface area (Å²) in [5, 5.41) is 7.49. The molecular formula is C9H15N3OS. The fourth-order valence-electron chi connectivity index (χ4n) is 1.46. The molecule has 0 saturated carbocycles. The van der Waals surface area contributed by atoms with Gasteiger partial charge in [-0.05, 0) is 32.6 Å². The van der Waals surface area contributed by atoms with Crippen LogP contribution in [0, 0.1) is 0 Å². The van der Waals surface area contributed by atoms with Crippen molar-refractivity contribution < 1.29 is 4.52 Å². The zero-order valence-corrected chi connectivity index (χ0v) is 9.30. The maximum absolute atomic E-state index is 5.25. The van der Waals surface area contributed by atoms with Crippen LogP contribution in [0.25, 0.3) is 0 Å². The molecule has 2 unspecified atom stereocenters. The molecule has 78 valence electrons. The van der Waals surface area contributed by atoms with E-state index in [1.807, 2.05) is 25.7 Å². The Balaban J connectivity index is 2.08. The Bertz CT molecular complexity index is 296. The summed E-state index contributed by atoms with van der Waals surface area (Å²) in [6.07, 6.45) is 2.43. The molecule has 0 aliphatic carbocycles. The second-order valence-corrected chi connectivity index (χ2v) is 4.81. The summed E-state index contributed by atoms with van der Waals surface area (Å²) in [6, 6.07) is 0.166. The predicted octanol–water partition coefficient (Wildman–Crippen LogP) is 1.92. The smallest absolute Gasteiger partial charge is 0.239 e. The van der Waals surface area contributed by atoms with Crippen molar-refractivity contribution >= 4 is 11.8 Å². The lowest BCUT2D eigenvalue weighted by Gasteiger charge is -2.02. The third-order valence-corrected chi connectivity index (χ3v) is 3.85. The SMILES string of the molecule is CNC(C)c1noc(C2CCCS2)n1. The number of aromatic nitrogens is 2. The summed E-state index contributed by atoms with van der Waals surface area (Å²) in [4.78, 5) is 4.40. The predicted molar refractivity (Wildman–Crippen MR) is 56.2 cm³/mol. The van der Waals surface area contributed by atoms with Crippen LogP contribution >= 0.6 is 11.8 Å². The Kier molecular flexibility index (Phi) is 3.08. The molecule has 0 radical (unpaired) electrons. The molecule has 0 spiro atoms. The lowest BCUT2D eigenvalue weighted by Crippen LogP contribution is -2.13. The molecule has 14 heavy (non-hydrogen) atoms. The highest BCUT2D eigenvalue weighted by molar-refractivity contribution is 7.99. The number of thioether (sulfide) groups is 1. The molecule has 1 aliphatic rings. The fraction of sp³-hybridized carbons (Fsp3) is 0.778. The Labute approximate surface area is 87.8 Å². The van der Waals surface area contributed by atoms with Gasteiger partial charge in [0.15, 0.2) is 5.82 Å². The number of nitrogens with one attached hydrogen (secondary N) is 1. The van der Waals surface area contributed by atoms with Crippen molar-refractivity contribution in [2.75, 3.05) is 12.8 Å². The normalized spacial score (nSPS) is 24.0. The number of hydrogen-bond donors (Lipinski definition) is 1. The minimum atomic E-state index is 0.166. The molecular weight excluding hydrogens is 198 g/mol. The summed E-state index contributed by atoms with van der Waals surface area (Å²) >= 11 is 1.91. The van der Waals surface area contributed by atoms with Gasteiger partial charge in [0.25, 0.3) is 0 Å². The van der Waals surface area contributed by atoms with E-state index in [0.717, 1.165) is 11.7 Å². The quantitative estimate of drug-likeness (QED) is 0.831. The van der Waals surface area contributed by atoms with Gasteiger partial charge < -0.3 is 9.84 Å². The van der Waals surface area contributed by atoms with Gasteiger partial charge in [0, 0.05) is 0 Å². The van der Waals surface area contributed by atoms with Crippen LogP contribution in [0.1, 0.15) is 42.8 Å². The molecule has 2 rings (SSSR count). The Hall–Kier alpha value is -0.550. The van der Waals surface area contributed by atoms with Gasteiger partial charge in [0.2, 0.25) is 5.89 Å². The van der Waals surface area contributed by atoms with E-state index in [1.54, 1.807) is 0 Å². The average Bonchev–Trinajstić information content (AvgIpc) is 2.86. The van der Waals surface area contributed by atoms with Crippen molar-refractivity contribution in [1.29, 1.82) is 0 Å². The van der Waals surface area contributed by atoms with Crippen LogP contribution in [0.5, 0.6) is 0 Å². The number of hydrogen-bond acceptors (Lipinski definition) is 5.